The van der Waals surface area contributed by atoms with Crippen molar-refractivity contribution in [3.63, 3.8) is 0 Å². The molecule has 2 atom stereocenters. The first kappa shape index (κ1) is 10.7. The van der Waals surface area contributed by atoms with E-state index in [0.717, 1.165) is 30.3 Å². The van der Waals surface area contributed by atoms with E-state index < -0.39 is 0 Å². The molecule has 2 rings (SSSR count). The highest BCUT2D eigenvalue weighted by Crippen LogP contribution is 2.65. The highest BCUT2D eigenvalue weighted by Gasteiger charge is 2.58. The number of rotatable bonds is 2. The number of carbonyl (C=O) groups excluding carboxylic acids is 1. The summed E-state index contributed by atoms with van der Waals surface area (Å²) in [6.07, 6.45) is 5.68. The Bertz CT molecular complexity index is 358. The maximum atomic E-state index is 11.8. The van der Waals surface area contributed by atoms with Gasteiger partial charge in [-0.1, -0.05) is 25.5 Å². The number of fused-ring (bicyclic) bond motifs is 1. The van der Waals surface area contributed by atoms with Crippen molar-refractivity contribution >= 4 is 5.78 Å². The molecule has 2 unspecified atom stereocenters. The lowest BCUT2D eigenvalue weighted by Crippen LogP contribution is -2.08. The highest BCUT2D eigenvalue weighted by molar-refractivity contribution is 6.04. The minimum atomic E-state index is 0.233. The molecule has 0 aromatic heterocycles. The summed E-state index contributed by atoms with van der Waals surface area (Å²) in [4.78, 5) is 11.8. The Morgan fingerprint density at radius 2 is 1.93 bits per heavy atom. The first-order valence-corrected chi connectivity index (χ1v) is 5.84. The van der Waals surface area contributed by atoms with Gasteiger partial charge in [0.2, 0.25) is 0 Å². The molecule has 1 nitrogen and oxygen atoms in total. The maximum Gasteiger partial charge on any atom is 0.181 e. The zero-order valence-corrected chi connectivity index (χ0v) is 10.1. The van der Waals surface area contributed by atoms with Crippen LogP contribution >= 0.6 is 0 Å². The zero-order chi connectivity index (χ0) is 11.2. The van der Waals surface area contributed by atoms with Crippen molar-refractivity contribution in [2.75, 3.05) is 0 Å². The van der Waals surface area contributed by atoms with Crippen LogP contribution in [0.3, 0.4) is 0 Å². The van der Waals surface area contributed by atoms with E-state index in [9.17, 15) is 4.79 Å². The average molecular weight is 204 g/mol. The van der Waals surface area contributed by atoms with Crippen molar-refractivity contribution < 1.29 is 4.79 Å². The predicted octanol–water partition coefficient (Wildman–Crippen LogP) is 3.51. The van der Waals surface area contributed by atoms with E-state index in [0.29, 0.717) is 5.41 Å². The van der Waals surface area contributed by atoms with Gasteiger partial charge in [-0.05, 0) is 55.6 Å². The van der Waals surface area contributed by atoms with Gasteiger partial charge in [0.05, 0.1) is 0 Å². The van der Waals surface area contributed by atoms with Crippen molar-refractivity contribution in [2.24, 2.45) is 17.3 Å². The van der Waals surface area contributed by atoms with E-state index in [1.165, 1.54) is 5.57 Å². The Morgan fingerprint density at radius 3 is 2.53 bits per heavy atom. The van der Waals surface area contributed by atoms with Gasteiger partial charge in [0, 0.05) is 0 Å². The summed E-state index contributed by atoms with van der Waals surface area (Å²) in [5, 5.41) is 0. The third-order valence-corrected chi connectivity index (χ3v) is 4.37. The molecule has 15 heavy (non-hydrogen) atoms. The Labute approximate surface area is 92.3 Å². The van der Waals surface area contributed by atoms with Crippen molar-refractivity contribution in [3.8, 4) is 0 Å². The molecule has 1 heteroatoms. The summed E-state index contributed by atoms with van der Waals surface area (Å²) < 4.78 is 0. The van der Waals surface area contributed by atoms with Gasteiger partial charge >= 0.3 is 0 Å². The molecule has 82 valence electrons. The third-order valence-electron chi connectivity index (χ3n) is 4.37. The largest absolute Gasteiger partial charge is 0.290 e. The van der Waals surface area contributed by atoms with Crippen LogP contribution in [0.25, 0.3) is 0 Å². The van der Waals surface area contributed by atoms with Crippen LogP contribution in [-0.2, 0) is 4.79 Å². The van der Waals surface area contributed by atoms with E-state index in [1.807, 2.05) is 13.0 Å². The van der Waals surface area contributed by atoms with Crippen LogP contribution in [0.4, 0.5) is 0 Å². The molecule has 0 spiro atoms. The fourth-order valence-electron chi connectivity index (χ4n) is 3.08. The molecule has 0 N–H and O–H groups in total. The third kappa shape index (κ3) is 1.58. The van der Waals surface area contributed by atoms with Crippen LogP contribution in [0.15, 0.2) is 23.3 Å². The molecule has 0 aliphatic heterocycles. The fourth-order valence-corrected chi connectivity index (χ4v) is 3.08. The summed E-state index contributed by atoms with van der Waals surface area (Å²) in [6, 6.07) is 0. The molecule has 1 saturated carbocycles. The Morgan fingerprint density at radius 1 is 1.33 bits per heavy atom. The van der Waals surface area contributed by atoms with Crippen molar-refractivity contribution in [1.29, 1.82) is 0 Å². The molecular weight excluding hydrogens is 184 g/mol. The summed E-state index contributed by atoms with van der Waals surface area (Å²) >= 11 is 0. The van der Waals surface area contributed by atoms with E-state index >= 15 is 0 Å². The average Bonchev–Trinajstić information content (AvgIpc) is 2.67. The first-order valence-electron chi connectivity index (χ1n) is 5.84. The zero-order valence-electron chi connectivity index (χ0n) is 10.1. The van der Waals surface area contributed by atoms with Gasteiger partial charge < -0.3 is 0 Å². The van der Waals surface area contributed by atoms with Crippen LogP contribution in [0, 0.1) is 17.3 Å². The molecule has 0 aromatic rings. The molecule has 2 aliphatic rings. The Hall–Kier alpha value is -0.850. The van der Waals surface area contributed by atoms with Crippen molar-refractivity contribution in [3.05, 3.63) is 23.3 Å². The molecule has 1 fully saturated rings. The van der Waals surface area contributed by atoms with Gasteiger partial charge in [0.1, 0.15) is 0 Å². The van der Waals surface area contributed by atoms with Gasteiger partial charge in [-0.3, -0.25) is 4.79 Å². The second-order valence-electron chi connectivity index (χ2n) is 5.57. The van der Waals surface area contributed by atoms with Gasteiger partial charge in [-0.15, -0.1) is 0 Å². The van der Waals surface area contributed by atoms with Crippen molar-refractivity contribution in [1.82, 2.24) is 0 Å². The second kappa shape index (κ2) is 3.33. The SMILES string of the molecule is C/C=C/C(=O)C1=C(C)CC2C(C1)C2(C)C. The van der Waals surface area contributed by atoms with Gasteiger partial charge in [0.25, 0.3) is 0 Å². The van der Waals surface area contributed by atoms with Crippen LogP contribution in [0.1, 0.15) is 40.5 Å². The fraction of sp³-hybridized carbons (Fsp3) is 0.643. The minimum Gasteiger partial charge on any atom is -0.290 e. The number of ketones is 1. The standard InChI is InChI=1S/C14H20O/c1-5-6-13(15)10-8-12-11(7-9(10)2)14(12,3)4/h5-6,11-12H,7-8H2,1-4H3/b6-5+. The molecule has 0 heterocycles. The van der Waals surface area contributed by atoms with Gasteiger partial charge in [0.15, 0.2) is 5.78 Å². The molecule has 0 amide bonds. The second-order valence-corrected chi connectivity index (χ2v) is 5.57. The topological polar surface area (TPSA) is 17.1 Å². The van der Waals surface area contributed by atoms with E-state index in [1.54, 1.807) is 6.08 Å². The minimum absolute atomic E-state index is 0.233. The summed E-state index contributed by atoms with van der Waals surface area (Å²) in [7, 11) is 0. The number of hydrogen-bond donors (Lipinski definition) is 0. The summed E-state index contributed by atoms with van der Waals surface area (Å²) in [5.74, 6) is 1.82. The lowest BCUT2D eigenvalue weighted by Gasteiger charge is -2.14. The van der Waals surface area contributed by atoms with E-state index in [4.69, 9.17) is 0 Å². The van der Waals surface area contributed by atoms with Gasteiger partial charge in [-0.2, -0.15) is 0 Å². The molecule has 0 bridgehead atoms. The molecular formula is C14H20O. The smallest absolute Gasteiger partial charge is 0.181 e. The predicted molar refractivity (Wildman–Crippen MR) is 62.5 cm³/mol. The van der Waals surface area contributed by atoms with Crippen LogP contribution in [-0.4, -0.2) is 5.78 Å². The highest BCUT2D eigenvalue weighted by atomic mass is 16.1. The Balaban J connectivity index is 2.18. The molecule has 0 saturated heterocycles. The summed E-state index contributed by atoms with van der Waals surface area (Å²) in [6.45, 7) is 8.69. The quantitative estimate of drug-likeness (QED) is 0.629. The lowest BCUT2D eigenvalue weighted by molar-refractivity contribution is -0.111. The Kier molecular flexibility index (Phi) is 2.37. The molecule has 0 radical (unpaired) electrons. The van der Waals surface area contributed by atoms with Crippen LogP contribution in [0.2, 0.25) is 0 Å². The van der Waals surface area contributed by atoms with Crippen LogP contribution < -0.4 is 0 Å². The number of carbonyl (C=O) groups is 1. The number of allylic oxidation sites excluding steroid dienone is 4. The normalized spacial score (nSPS) is 33.1. The van der Waals surface area contributed by atoms with E-state index in [-0.39, 0.29) is 5.78 Å². The van der Waals surface area contributed by atoms with Crippen LogP contribution in [0.5, 0.6) is 0 Å². The molecule has 0 aromatic carbocycles. The summed E-state index contributed by atoms with van der Waals surface area (Å²) in [5.41, 5.74) is 2.88. The first-order chi connectivity index (χ1) is 6.98. The van der Waals surface area contributed by atoms with Gasteiger partial charge in [-0.25, -0.2) is 0 Å². The lowest BCUT2D eigenvalue weighted by atomic mass is 9.90. The number of hydrogen-bond acceptors (Lipinski definition) is 1. The molecule has 2 aliphatic carbocycles. The van der Waals surface area contributed by atoms with E-state index in [2.05, 4.69) is 20.8 Å². The monoisotopic (exact) mass is 204 g/mol. The van der Waals surface area contributed by atoms with Crippen molar-refractivity contribution in [2.45, 2.75) is 40.5 Å². The maximum absolute atomic E-state index is 11.8.